The van der Waals surface area contributed by atoms with E-state index in [9.17, 15) is 9.90 Å². The molecule has 6 heteroatoms. The van der Waals surface area contributed by atoms with Crippen molar-refractivity contribution in [2.24, 2.45) is 0 Å². The van der Waals surface area contributed by atoms with Crippen LogP contribution in [0, 0.1) is 0 Å². The van der Waals surface area contributed by atoms with Gasteiger partial charge >= 0.3 is 0 Å². The number of methoxy groups -OCH3 is 1. The number of para-hydroxylation sites is 1. The molecule has 1 heterocycles. The smallest absolute Gasteiger partial charge is 0.260 e. The average molecular weight is 311 g/mol. The molecule has 0 aliphatic carbocycles. The molecule has 0 saturated heterocycles. The molecule has 0 aliphatic heterocycles. The van der Waals surface area contributed by atoms with Crippen LogP contribution >= 0.6 is 0 Å². The zero-order valence-electron chi connectivity index (χ0n) is 12.6. The van der Waals surface area contributed by atoms with Crippen LogP contribution in [-0.4, -0.2) is 28.7 Å². The van der Waals surface area contributed by atoms with E-state index in [1.807, 2.05) is 6.07 Å². The fourth-order valence-corrected chi connectivity index (χ4v) is 2.31. The number of benzene rings is 2. The van der Waals surface area contributed by atoms with E-state index >= 15 is 0 Å². The zero-order valence-corrected chi connectivity index (χ0v) is 12.6. The Balaban J connectivity index is 1.73. The Labute approximate surface area is 132 Å². The molecule has 0 spiro atoms. The fourth-order valence-electron chi connectivity index (χ4n) is 2.31. The van der Waals surface area contributed by atoms with Crippen LogP contribution in [0.25, 0.3) is 10.9 Å². The summed E-state index contributed by atoms with van der Waals surface area (Å²) < 4.78 is 5.09. The summed E-state index contributed by atoms with van der Waals surface area (Å²) in [6.45, 7) is 0.230. The van der Waals surface area contributed by atoms with Crippen LogP contribution in [0.1, 0.15) is 11.7 Å². The van der Waals surface area contributed by atoms with Crippen molar-refractivity contribution < 1.29 is 9.84 Å². The highest BCUT2D eigenvalue weighted by Crippen LogP contribution is 2.18. The number of H-pyrrole nitrogens is 1. The number of hydrogen-bond acceptors (Lipinski definition) is 5. The average Bonchev–Trinajstić information content (AvgIpc) is 2.60. The van der Waals surface area contributed by atoms with Crippen LogP contribution in [0.2, 0.25) is 0 Å². The van der Waals surface area contributed by atoms with Gasteiger partial charge in [-0.2, -0.15) is 0 Å². The number of ether oxygens (including phenoxy) is 1. The van der Waals surface area contributed by atoms with Crippen molar-refractivity contribution in [1.82, 2.24) is 9.97 Å². The summed E-state index contributed by atoms with van der Waals surface area (Å²) in [5.41, 5.74) is 1.15. The van der Waals surface area contributed by atoms with Gasteiger partial charge in [0.1, 0.15) is 5.75 Å². The number of rotatable bonds is 5. The van der Waals surface area contributed by atoms with E-state index in [4.69, 9.17) is 4.74 Å². The van der Waals surface area contributed by atoms with Crippen molar-refractivity contribution in [2.75, 3.05) is 19.0 Å². The first-order valence-electron chi connectivity index (χ1n) is 7.22. The Hall–Kier alpha value is -2.86. The molecular formula is C17H17N3O3. The predicted octanol–water partition coefficient (Wildman–Crippen LogP) is 2.08. The SMILES string of the molecule is COc1ccc(C(O)CNc2nc3ccccc3c(=O)[nH]2)cc1. The number of fused-ring (bicyclic) bond motifs is 1. The van der Waals surface area contributed by atoms with Crippen LogP contribution in [-0.2, 0) is 0 Å². The maximum atomic E-state index is 12.0. The molecule has 0 radical (unpaired) electrons. The molecule has 0 fully saturated rings. The zero-order chi connectivity index (χ0) is 16.2. The molecule has 0 bridgehead atoms. The van der Waals surface area contributed by atoms with E-state index in [1.54, 1.807) is 49.6 Å². The van der Waals surface area contributed by atoms with Gasteiger partial charge in [0.15, 0.2) is 0 Å². The Morgan fingerprint density at radius 2 is 1.96 bits per heavy atom. The molecule has 3 rings (SSSR count). The second kappa shape index (κ2) is 6.50. The van der Waals surface area contributed by atoms with Gasteiger partial charge < -0.3 is 15.2 Å². The highest BCUT2D eigenvalue weighted by molar-refractivity contribution is 5.78. The molecule has 3 N–H and O–H groups in total. The van der Waals surface area contributed by atoms with Crippen molar-refractivity contribution in [2.45, 2.75) is 6.10 Å². The molecule has 1 unspecified atom stereocenters. The van der Waals surface area contributed by atoms with Crippen molar-refractivity contribution in [3.8, 4) is 5.75 Å². The topological polar surface area (TPSA) is 87.2 Å². The normalized spacial score (nSPS) is 12.1. The highest BCUT2D eigenvalue weighted by Gasteiger charge is 2.09. The summed E-state index contributed by atoms with van der Waals surface area (Å²) in [7, 11) is 1.59. The van der Waals surface area contributed by atoms with Crippen molar-refractivity contribution in [1.29, 1.82) is 0 Å². The van der Waals surface area contributed by atoms with Gasteiger partial charge in [0.2, 0.25) is 5.95 Å². The molecule has 23 heavy (non-hydrogen) atoms. The van der Waals surface area contributed by atoms with E-state index in [1.165, 1.54) is 0 Å². The summed E-state index contributed by atoms with van der Waals surface area (Å²) in [6, 6.07) is 14.3. The Bertz CT molecular complexity index is 859. The molecule has 0 saturated carbocycles. The monoisotopic (exact) mass is 311 g/mol. The third-order valence-electron chi connectivity index (χ3n) is 3.58. The molecule has 3 aromatic rings. The number of nitrogens with zero attached hydrogens (tertiary/aromatic N) is 1. The fraction of sp³-hybridized carbons (Fsp3) is 0.176. The largest absolute Gasteiger partial charge is 0.497 e. The molecule has 118 valence electrons. The molecule has 1 aromatic heterocycles. The summed E-state index contributed by atoms with van der Waals surface area (Å²) >= 11 is 0. The summed E-state index contributed by atoms with van der Waals surface area (Å²) in [5, 5.41) is 13.7. The first-order valence-corrected chi connectivity index (χ1v) is 7.22. The van der Waals surface area contributed by atoms with Crippen molar-refractivity contribution in [3.63, 3.8) is 0 Å². The van der Waals surface area contributed by atoms with Gasteiger partial charge in [-0.1, -0.05) is 24.3 Å². The summed E-state index contributed by atoms with van der Waals surface area (Å²) in [5.74, 6) is 1.07. The predicted molar refractivity (Wildman–Crippen MR) is 88.8 cm³/mol. The van der Waals surface area contributed by atoms with E-state index in [0.29, 0.717) is 16.9 Å². The third-order valence-corrected chi connectivity index (χ3v) is 3.58. The van der Waals surface area contributed by atoms with Crippen LogP contribution < -0.4 is 15.6 Å². The maximum absolute atomic E-state index is 12.0. The molecular weight excluding hydrogens is 294 g/mol. The Kier molecular flexibility index (Phi) is 4.25. The molecule has 2 aromatic carbocycles. The van der Waals surface area contributed by atoms with Gasteiger partial charge in [-0.3, -0.25) is 9.78 Å². The van der Waals surface area contributed by atoms with Gasteiger partial charge in [-0.15, -0.1) is 0 Å². The van der Waals surface area contributed by atoms with Gasteiger partial charge in [-0.25, -0.2) is 4.98 Å². The lowest BCUT2D eigenvalue weighted by Crippen LogP contribution is -2.17. The second-order valence-corrected chi connectivity index (χ2v) is 5.10. The van der Waals surface area contributed by atoms with E-state index < -0.39 is 6.10 Å². The van der Waals surface area contributed by atoms with Crippen molar-refractivity contribution in [3.05, 3.63) is 64.4 Å². The number of anilines is 1. The number of aromatic amines is 1. The standard InChI is InChI=1S/C17H17N3O3/c1-23-12-8-6-11(7-9-12)15(21)10-18-17-19-14-5-3-2-4-13(14)16(22)20-17/h2-9,15,21H,10H2,1H3,(H2,18,19,20,22). The lowest BCUT2D eigenvalue weighted by Gasteiger charge is -2.13. The molecule has 6 nitrogen and oxygen atoms in total. The minimum Gasteiger partial charge on any atom is -0.497 e. The minimum absolute atomic E-state index is 0.211. The van der Waals surface area contributed by atoms with Crippen LogP contribution in [0.5, 0.6) is 5.75 Å². The van der Waals surface area contributed by atoms with Gasteiger partial charge in [-0.05, 0) is 29.8 Å². The van der Waals surface area contributed by atoms with E-state index in [-0.39, 0.29) is 12.1 Å². The van der Waals surface area contributed by atoms with Crippen LogP contribution in [0.3, 0.4) is 0 Å². The highest BCUT2D eigenvalue weighted by atomic mass is 16.5. The van der Waals surface area contributed by atoms with Gasteiger partial charge in [0.05, 0.1) is 24.1 Å². The third kappa shape index (κ3) is 3.32. The number of aliphatic hydroxyl groups is 1. The van der Waals surface area contributed by atoms with E-state index in [2.05, 4.69) is 15.3 Å². The van der Waals surface area contributed by atoms with E-state index in [0.717, 1.165) is 11.3 Å². The van der Waals surface area contributed by atoms with Crippen molar-refractivity contribution >= 4 is 16.9 Å². The number of hydrogen-bond donors (Lipinski definition) is 3. The van der Waals surface area contributed by atoms with Gasteiger partial charge in [0, 0.05) is 6.54 Å². The molecule has 1 atom stereocenters. The summed E-state index contributed by atoms with van der Waals surface area (Å²) in [4.78, 5) is 19.0. The molecule has 0 amide bonds. The Morgan fingerprint density at radius 3 is 2.70 bits per heavy atom. The first-order chi connectivity index (χ1) is 11.2. The quantitative estimate of drug-likeness (QED) is 0.671. The number of aliphatic hydroxyl groups excluding tert-OH is 1. The summed E-state index contributed by atoms with van der Waals surface area (Å²) in [6.07, 6.45) is -0.724. The molecule has 0 aliphatic rings. The van der Waals surface area contributed by atoms with Gasteiger partial charge in [0.25, 0.3) is 5.56 Å². The maximum Gasteiger partial charge on any atom is 0.260 e. The van der Waals surface area contributed by atoms with Crippen LogP contribution in [0.4, 0.5) is 5.95 Å². The number of aromatic nitrogens is 2. The van der Waals surface area contributed by atoms with Crippen LogP contribution in [0.15, 0.2) is 53.3 Å². The lowest BCUT2D eigenvalue weighted by molar-refractivity contribution is 0.191. The second-order valence-electron chi connectivity index (χ2n) is 5.10. The minimum atomic E-state index is -0.724. The first kappa shape index (κ1) is 15.1. The Morgan fingerprint density at radius 1 is 1.22 bits per heavy atom. The lowest BCUT2D eigenvalue weighted by atomic mass is 10.1. The number of nitrogens with one attached hydrogen (secondary N) is 2.